The van der Waals surface area contributed by atoms with Crippen LogP contribution < -0.4 is 5.73 Å². The molecule has 0 unspecified atom stereocenters. The van der Waals surface area contributed by atoms with E-state index in [1.165, 1.54) is 0 Å². The SMILES string of the molecule is Cc1noc(-c2ccc(-c3ccc(C4(C(=O)O)CCOCC4)cc3)cc2)c1N. The van der Waals surface area contributed by atoms with Gasteiger partial charge in [0.2, 0.25) is 0 Å². The van der Waals surface area contributed by atoms with Gasteiger partial charge < -0.3 is 20.1 Å². The Morgan fingerprint density at radius 3 is 2.04 bits per heavy atom. The topological polar surface area (TPSA) is 98.6 Å². The van der Waals surface area contributed by atoms with Gasteiger partial charge in [0, 0.05) is 18.8 Å². The summed E-state index contributed by atoms with van der Waals surface area (Å²) in [7, 11) is 0. The van der Waals surface area contributed by atoms with Crippen LogP contribution in [0.5, 0.6) is 0 Å². The molecule has 1 fully saturated rings. The highest BCUT2D eigenvalue weighted by molar-refractivity contribution is 5.82. The number of nitrogen functional groups attached to an aromatic ring is 1. The number of nitrogens with zero attached hydrogens (tertiary/aromatic N) is 1. The first-order valence-electron chi connectivity index (χ1n) is 9.25. The van der Waals surface area contributed by atoms with E-state index in [1.54, 1.807) is 6.92 Å². The van der Waals surface area contributed by atoms with Gasteiger partial charge in [-0.05, 0) is 36.5 Å². The maximum absolute atomic E-state index is 12.0. The zero-order valence-electron chi connectivity index (χ0n) is 15.6. The predicted molar refractivity (Wildman–Crippen MR) is 106 cm³/mol. The van der Waals surface area contributed by atoms with Gasteiger partial charge in [-0.1, -0.05) is 53.7 Å². The average Bonchev–Trinajstić information content (AvgIpc) is 3.07. The Kier molecular flexibility index (Phi) is 4.65. The third-order valence-electron chi connectivity index (χ3n) is 5.58. The number of aryl methyl sites for hydroxylation is 1. The number of hydrogen-bond donors (Lipinski definition) is 2. The first kappa shape index (κ1) is 18.3. The van der Waals surface area contributed by atoms with Crippen molar-refractivity contribution in [3.63, 3.8) is 0 Å². The molecular formula is C22H22N2O4. The minimum absolute atomic E-state index is 0.472. The van der Waals surface area contributed by atoms with E-state index in [-0.39, 0.29) is 0 Å². The molecular weight excluding hydrogens is 356 g/mol. The zero-order chi connectivity index (χ0) is 19.7. The molecule has 144 valence electrons. The molecule has 3 aromatic rings. The number of ether oxygens (including phenoxy) is 1. The molecule has 1 saturated heterocycles. The van der Waals surface area contributed by atoms with Gasteiger partial charge in [0.15, 0.2) is 5.76 Å². The largest absolute Gasteiger partial charge is 0.481 e. The molecule has 0 atom stereocenters. The second kappa shape index (κ2) is 7.13. The molecule has 1 aliphatic rings. The number of benzene rings is 2. The summed E-state index contributed by atoms with van der Waals surface area (Å²) in [5, 5.41) is 13.7. The van der Waals surface area contributed by atoms with Crippen molar-refractivity contribution in [2.24, 2.45) is 0 Å². The molecule has 1 aromatic heterocycles. The number of carboxylic acid groups (broad SMARTS) is 1. The van der Waals surface area contributed by atoms with Gasteiger partial charge in [0.1, 0.15) is 11.4 Å². The van der Waals surface area contributed by atoms with Crippen LogP contribution in [-0.4, -0.2) is 29.4 Å². The number of carboxylic acids is 1. The van der Waals surface area contributed by atoms with E-state index in [0.29, 0.717) is 43.2 Å². The minimum Gasteiger partial charge on any atom is -0.481 e. The lowest BCUT2D eigenvalue weighted by Gasteiger charge is -2.33. The number of carbonyl (C=O) groups is 1. The third kappa shape index (κ3) is 3.05. The lowest BCUT2D eigenvalue weighted by Crippen LogP contribution is -2.41. The number of aromatic nitrogens is 1. The van der Waals surface area contributed by atoms with Crippen molar-refractivity contribution < 1.29 is 19.2 Å². The molecule has 28 heavy (non-hydrogen) atoms. The smallest absolute Gasteiger partial charge is 0.314 e. The van der Waals surface area contributed by atoms with Gasteiger partial charge in [0.05, 0.1) is 5.41 Å². The molecule has 6 nitrogen and oxygen atoms in total. The van der Waals surface area contributed by atoms with Crippen LogP contribution in [0.1, 0.15) is 24.1 Å². The summed E-state index contributed by atoms with van der Waals surface area (Å²) in [6.45, 7) is 2.75. The molecule has 0 bridgehead atoms. The van der Waals surface area contributed by atoms with E-state index in [1.807, 2.05) is 48.5 Å². The van der Waals surface area contributed by atoms with Gasteiger partial charge in [-0.25, -0.2) is 0 Å². The molecule has 2 heterocycles. The van der Waals surface area contributed by atoms with E-state index >= 15 is 0 Å². The molecule has 0 saturated carbocycles. The van der Waals surface area contributed by atoms with Gasteiger partial charge in [0.25, 0.3) is 0 Å². The van der Waals surface area contributed by atoms with Crippen molar-refractivity contribution in [1.82, 2.24) is 5.16 Å². The average molecular weight is 378 g/mol. The molecule has 0 aliphatic carbocycles. The lowest BCUT2D eigenvalue weighted by molar-refractivity contribution is -0.147. The fourth-order valence-electron chi connectivity index (χ4n) is 3.73. The first-order valence-corrected chi connectivity index (χ1v) is 9.25. The Labute approximate surface area is 162 Å². The van der Waals surface area contributed by atoms with E-state index in [4.69, 9.17) is 15.0 Å². The number of anilines is 1. The molecule has 3 N–H and O–H groups in total. The van der Waals surface area contributed by atoms with Gasteiger partial charge >= 0.3 is 5.97 Å². The van der Waals surface area contributed by atoms with Crippen LogP contribution in [0.25, 0.3) is 22.5 Å². The quantitative estimate of drug-likeness (QED) is 0.711. The Bertz CT molecular complexity index is 984. The van der Waals surface area contributed by atoms with Crippen LogP contribution in [0.3, 0.4) is 0 Å². The molecule has 6 heteroatoms. The number of nitrogens with two attached hydrogens (primary N) is 1. The van der Waals surface area contributed by atoms with Crippen molar-refractivity contribution in [2.45, 2.75) is 25.2 Å². The Morgan fingerprint density at radius 2 is 1.54 bits per heavy atom. The second-order valence-corrected chi connectivity index (χ2v) is 7.17. The molecule has 0 radical (unpaired) electrons. The summed E-state index contributed by atoms with van der Waals surface area (Å²) in [6, 6.07) is 15.6. The number of aliphatic carboxylic acids is 1. The normalized spacial score (nSPS) is 16.0. The summed E-state index contributed by atoms with van der Waals surface area (Å²) < 4.78 is 10.7. The zero-order valence-corrected chi connectivity index (χ0v) is 15.6. The van der Waals surface area contributed by atoms with E-state index < -0.39 is 11.4 Å². The fourth-order valence-corrected chi connectivity index (χ4v) is 3.73. The Morgan fingerprint density at radius 1 is 1.00 bits per heavy atom. The number of hydrogen-bond acceptors (Lipinski definition) is 5. The maximum atomic E-state index is 12.0. The highest BCUT2D eigenvalue weighted by Gasteiger charge is 2.41. The van der Waals surface area contributed by atoms with Crippen LogP contribution in [0, 0.1) is 6.92 Å². The standard InChI is InChI=1S/C22H22N2O4/c1-14-19(23)20(28-24-14)17-4-2-15(3-5-17)16-6-8-18(9-7-16)22(21(25)26)10-12-27-13-11-22/h2-9H,10-13,23H2,1H3,(H,25,26). The van der Waals surface area contributed by atoms with E-state index in [9.17, 15) is 9.90 Å². The molecule has 4 rings (SSSR count). The second-order valence-electron chi connectivity index (χ2n) is 7.17. The molecule has 1 aliphatic heterocycles. The molecule has 0 spiro atoms. The maximum Gasteiger partial charge on any atom is 0.314 e. The van der Waals surface area contributed by atoms with E-state index in [0.717, 1.165) is 22.3 Å². The fraction of sp³-hybridized carbons (Fsp3) is 0.273. The van der Waals surface area contributed by atoms with Gasteiger partial charge in [-0.15, -0.1) is 0 Å². The minimum atomic E-state index is -0.859. The van der Waals surface area contributed by atoms with Gasteiger partial charge in [-0.3, -0.25) is 4.79 Å². The van der Waals surface area contributed by atoms with Crippen LogP contribution in [0.15, 0.2) is 53.1 Å². The van der Waals surface area contributed by atoms with Crippen molar-refractivity contribution in [2.75, 3.05) is 18.9 Å². The molecule has 0 amide bonds. The van der Waals surface area contributed by atoms with Crippen LogP contribution in [0.2, 0.25) is 0 Å². The third-order valence-corrected chi connectivity index (χ3v) is 5.58. The van der Waals surface area contributed by atoms with Crippen molar-refractivity contribution >= 4 is 11.7 Å². The van der Waals surface area contributed by atoms with Crippen LogP contribution in [0.4, 0.5) is 5.69 Å². The van der Waals surface area contributed by atoms with Crippen molar-refractivity contribution in [3.05, 3.63) is 59.8 Å². The summed E-state index contributed by atoms with van der Waals surface area (Å²) in [5.41, 5.74) is 10.1. The number of rotatable bonds is 4. The predicted octanol–water partition coefficient (Wildman–Crippen LogP) is 4.03. The Hall–Kier alpha value is -3.12. The summed E-state index contributed by atoms with van der Waals surface area (Å²) >= 11 is 0. The highest BCUT2D eigenvalue weighted by Crippen LogP contribution is 2.36. The van der Waals surface area contributed by atoms with Gasteiger partial charge in [-0.2, -0.15) is 0 Å². The summed E-state index contributed by atoms with van der Waals surface area (Å²) in [6.07, 6.45) is 0.989. The lowest BCUT2D eigenvalue weighted by atomic mass is 9.74. The molecule has 2 aromatic carbocycles. The first-order chi connectivity index (χ1) is 13.5. The highest BCUT2D eigenvalue weighted by atomic mass is 16.5. The van der Waals surface area contributed by atoms with Crippen LogP contribution in [-0.2, 0) is 14.9 Å². The van der Waals surface area contributed by atoms with Crippen molar-refractivity contribution in [1.29, 1.82) is 0 Å². The van der Waals surface area contributed by atoms with E-state index in [2.05, 4.69) is 5.16 Å². The Balaban J connectivity index is 1.60. The van der Waals surface area contributed by atoms with Crippen molar-refractivity contribution in [3.8, 4) is 22.5 Å². The monoisotopic (exact) mass is 378 g/mol. The van der Waals surface area contributed by atoms with Crippen LogP contribution >= 0.6 is 0 Å². The summed E-state index contributed by atoms with van der Waals surface area (Å²) in [4.78, 5) is 12.0. The summed E-state index contributed by atoms with van der Waals surface area (Å²) in [5.74, 6) is -0.213.